The Bertz CT molecular complexity index is 652. The van der Waals surface area contributed by atoms with Gasteiger partial charge in [-0.15, -0.1) is 11.3 Å². The first-order valence-corrected chi connectivity index (χ1v) is 8.81. The Kier molecular flexibility index (Phi) is 3.16. The highest BCUT2D eigenvalue weighted by atomic mass is 32.1. The van der Waals surface area contributed by atoms with Crippen molar-refractivity contribution in [2.24, 2.45) is 0 Å². The van der Waals surface area contributed by atoms with E-state index in [0.29, 0.717) is 6.04 Å². The molecule has 0 bridgehead atoms. The fourth-order valence-corrected chi connectivity index (χ4v) is 4.61. The molecule has 1 unspecified atom stereocenters. The normalized spacial score (nSPS) is 24.9. The molecule has 3 heteroatoms. The Labute approximate surface area is 130 Å². The first-order valence-electron chi connectivity index (χ1n) is 8.00. The molecule has 1 saturated carbocycles. The van der Waals surface area contributed by atoms with Gasteiger partial charge in [0, 0.05) is 10.9 Å². The van der Waals surface area contributed by atoms with Crippen LogP contribution in [0.2, 0.25) is 0 Å². The van der Waals surface area contributed by atoms with Gasteiger partial charge in [0.1, 0.15) is 5.01 Å². The average Bonchev–Trinajstić information content (AvgIpc) is 3.24. The van der Waals surface area contributed by atoms with Crippen molar-refractivity contribution in [2.45, 2.75) is 57.5 Å². The van der Waals surface area contributed by atoms with Gasteiger partial charge in [-0.3, -0.25) is 5.32 Å². The highest BCUT2D eigenvalue weighted by Crippen LogP contribution is 2.44. The van der Waals surface area contributed by atoms with Crippen LogP contribution in [0.3, 0.4) is 0 Å². The quantitative estimate of drug-likeness (QED) is 0.923. The third-order valence-corrected chi connectivity index (χ3v) is 6.13. The molecule has 0 saturated heterocycles. The summed E-state index contributed by atoms with van der Waals surface area (Å²) < 4.78 is 0. The molecular formula is C18H22N2S. The third-order valence-electron chi connectivity index (χ3n) is 4.90. The van der Waals surface area contributed by atoms with Gasteiger partial charge < -0.3 is 0 Å². The van der Waals surface area contributed by atoms with E-state index >= 15 is 0 Å². The van der Waals surface area contributed by atoms with Crippen molar-refractivity contribution in [3.63, 3.8) is 0 Å². The summed E-state index contributed by atoms with van der Waals surface area (Å²) in [5.41, 5.74) is 4.12. The topological polar surface area (TPSA) is 24.9 Å². The number of nitrogens with one attached hydrogen (secondary N) is 1. The molecule has 21 heavy (non-hydrogen) atoms. The van der Waals surface area contributed by atoms with Crippen LogP contribution in [0, 0.1) is 13.8 Å². The van der Waals surface area contributed by atoms with E-state index in [1.54, 1.807) is 0 Å². The predicted octanol–water partition coefficient (Wildman–Crippen LogP) is 4.09. The molecule has 4 rings (SSSR count). The second-order valence-electron chi connectivity index (χ2n) is 6.50. The van der Waals surface area contributed by atoms with Crippen molar-refractivity contribution < 1.29 is 0 Å². The van der Waals surface area contributed by atoms with Gasteiger partial charge in [0.2, 0.25) is 0 Å². The first-order chi connectivity index (χ1) is 10.2. The summed E-state index contributed by atoms with van der Waals surface area (Å²) in [5.74, 6) is 0. The summed E-state index contributed by atoms with van der Waals surface area (Å²) in [6.45, 7) is 4.32. The number of hydrogen-bond acceptors (Lipinski definition) is 3. The zero-order valence-corrected chi connectivity index (χ0v) is 13.6. The van der Waals surface area contributed by atoms with Gasteiger partial charge in [0.05, 0.1) is 11.2 Å². The predicted molar refractivity (Wildman–Crippen MR) is 87.9 cm³/mol. The van der Waals surface area contributed by atoms with Crippen molar-refractivity contribution in [3.05, 3.63) is 51.0 Å². The summed E-state index contributed by atoms with van der Waals surface area (Å²) in [4.78, 5) is 6.29. The number of nitrogens with zero attached hydrogens (tertiary/aromatic N) is 1. The maximum absolute atomic E-state index is 4.94. The lowest BCUT2D eigenvalue weighted by atomic mass is 9.76. The van der Waals surface area contributed by atoms with Crippen LogP contribution in [0.4, 0.5) is 0 Å². The highest BCUT2D eigenvalue weighted by Gasteiger charge is 2.44. The number of benzene rings is 1. The second-order valence-corrected chi connectivity index (χ2v) is 7.70. The zero-order chi connectivity index (χ0) is 14.4. The molecule has 2 aromatic rings. The monoisotopic (exact) mass is 298 g/mol. The smallest absolute Gasteiger partial charge is 0.118 e. The van der Waals surface area contributed by atoms with Gasteiger partial charge in [-0.05, 0) is 57.1 Å². The van der Waals surface area contributed by atoms with E-state index in [2.05, 4.69) is 43.4 Å². The van der Waals surface area contributed by atoms with Crippen molar-refractivity contribution in [1.82, 2.24) is 10.3 Å². The van der Waals surface area contributed by atoms with Gasteiger partial charge in [0.25, 0.3) is 0 Å². The molecule has 1 aromatic carbocycles. The Hall–Kier alpha value is -1.19. The Morgan fingerprint density at radius 3 is 2.76 bits per heavy atom. The van der Waals surface area contributed by atoms with Crippen LogP contribution >= 0.6 is 11.3 Å². The molecule has 1 heterocycles. The minimum absolute atomic E-state index is 0.0420. The molecule has 1 atom stereocenters. The van der Waals surface area contributed by atoms with Crippen LogP contribution in [-0.2, 0) is 12.0 Å². The number of thiazole rings is 1. The molecule has 0 radical (unpaired) electrons. The van der Waals surface area contributed by atoms with Crippen molar-refractivity contribution in [1.29, 1.82) is 0 Å². The van der Waals surface area contributed by atoms with Crippen LogP contribution in [0.5, 0.6) is 0 Å². The van der Waals surface area contributed by atoms with Crippen molar-refractivity contribution in [2.75, 3.05) is 0 Å². The van der Waals surface area contributed by atoms with E-state index in [-0.39, 0.29) is 5.54 Å². The van der Waals surface area contributed by atoms with Crippen LogP contribution in [0.25, 0.3) is 0 Å². The average molecular weight is 298 g/mol. The van der Waals surface area contributed by atoms with Gasteiger partial charge in [0.15, 0.2) is 0 Å². The number of hydrogen-bond donors (Lipinski definition) is 1. The van der Waals surface area contributed by atoms with Gasteiger partial charge in [-0.1, -0.05) is 24.3 Å². The van der Waals surface area contributed by atoms with E-state index in [4.69, 9.17) is 4.98 Å². The van der Waals surface area contributed by atoms with E-state index in [1.807, 2.05) is 11.3 Å². The minimum atomic E-state index is -0.0420. The Balaban J connectivity index is 1.88. The zero-order valence-electron chi connectivity index (χ0n) is 12.8. The van der Waals surface area contributed by atoms with Crippen LogP contribution in [0.15, 0.2) is 24.3 Å². The van der Waals surface area contributed by atoms with Gasteiger partial charge >= 0.3 is 0 Å². The molecule has 2 aliphatic rings. The van der Waals surface area contributed by atoms with E-state index < -0.39 is 0 Å². The molecule has 1 fully saturated rings. The third kappa shape index (κ3) is 2.23. The lowest BCUT2D eigenvalue weighted by molar-refractivity contribution is 0.338. The van der Waals surface area contributed by atoms with Crippen molar-refractivity contribution in [3.8, 4) is 0 Å². The van der Waals surface area contributed by atoms with E-state index in [1.165, 1.54) is 58.8 Å². The number of fused-ring (bicyclic) bond motifs is 1. The Morgan fingerprint density at radius 1 is 1.24 bits per heavy atom. The number of aryl methyl sites for hydroxylation is 3. The maximum atomic E-state index is 4.94. The SMILES string of the molecule is Cc1nc(C2(NC3CC3)CCCc3ccccc32)sc1C. The summed E-state index contributed by atoms with van der Waals surface area (Å²) in [5, 5.41) is 5.24. The number of aromatic nitrogens is 1. The first kappa shape index (κ1) is 13.5. The molecule has 110 valence electrons. The van der Waals surface area contributed by atoms with Gasteiger partial charge in [-0.25, -0.2) is 4.98 Å². The summed E-state index contributed by atoms with van der Waals surface area (Å²) in [7, 11) is 0. The highest BCUT2D eigenvalue weighted by molar-refractivity contribution is 7.11. The fourth-order valence-electron chi connectivity index (χ4n) is 3.50. The minimum Gasteiger partial charge on any atom is -0.299 e. The lowest BCUT2D eigenvalue weighted by Crippen LogP contribution is -2.47. The molecule has 1 N–H and O–H groups in total. The molecule has 2 aliphatic carbocycles. The van der Waals surface area contributed by atoms with Crippen LogP contribution < -0.4 is 5.32 Å². The maximum Gasteiger partial charge on any atom is 0.118 e. The summed E-state index contributed by atoms with van der Waals surface area (Å²) in [6.07, 6.45) is 6.25. The van der Waals surface area contributed by atoms with E-state index in [0.717, 1.165) is 0 Å². The molecule has 0 spiro atoms. The largest absolute Gasteiger partial charge is 0.299 e. The molecular weight excluding hydrogens is 276 g/mol. The van der Waals surface area contributed by atoms with Crippen LogP contribution in [0.1, 0.15) is 52.4 Å². The molecule has 2 nitrogen and oxygen atoms in total. The van der Waals surface area contributed by atoms with E-state index in [9.17, 15) is 0 Å². The molecule has 0 amide bonds. The molecule has 1 aromatic heterocycles. The van der Waals surface area contributed by atoms with Crippen molar-refractivity contribution >= 4 is 11.3 Å². The Morgan fingerprint density at radius 2 is 2.05 bits per heavy atom. The summed E-state index contributed by atoms with van der Waals surface area (Å²) >= 11 is 1.88. The standard InChI is InChI=1S/C18H22N2S/c1-12-13(2)21-17(19-12)18(20-15-9-10-15)11-5-7-14-6-3-4-8-16(14)18/h3-4,6,8,15,20H,5,7,9-11H2,1-2H3. The lowest BCUT2D eigenvalue weighted by Gasteiger charge is -2.39. The number of rotatable bonds is 3. The fraction of sp³-hybridized carbons (Fsp3) is 0.500. The molecule has 0 aliphatic heterocycles. The van der Waals surface area contributed by atoms with Gasteiger partial charge in [-0.2, -0.15) is 0 Å². The van der Waals surface area contributed by atoms with Crippen LogP contribution in [-0.4, -0.2) is 11.0 Å². The summed E-state index contributed by atoms with van der Waals surface area (Å²) in [6, 6.07) is 9.65. The second kappa shape index (κ2) is 4.92.